The number of nitrogens with two attached hydrogens (primary N) is 1. The zero-order valence-corrected chi connectivity index (χ0v) is 11.9. The van der Waals surface area contributed by atoms with E-state index in [9.17, 15) is 0 Å². The summed E-state index contributed by atoms with van der Waals surface area (Å²) in [5.74, 6) is 0. The van der Waals surface area contributed by atoms with Gasteiger partial charge in [-0.05, 0) is 36.7 Å². The molecule has 2 unspecified atom stereocenters. The van der Waals surface area contributed by atoms with E-state index in [1.807, 2.05) is 18.3 Å². The summed E-state index contributed by atoms with van der Waals surface area (Å²) in [6.07, 6.45) is 3.85. The standard InChI is InChI=1S/C17H21N3/c1-20(11-9-13-6-4-5-10-19-13)17-12-16(18)14-7-2-3-8-15(14)17/h2-8,10,16-17H,9,11-12,18H2,1H3. The van der Waals surface area contributed by atoms with Gasteiger partial charge in [0, 0.05) is 36.9 Å². The summed E-state index contributed by atoms with van der Waals surface area (Å²) in [5, 5.41) is 0. The van der Waals surface area contributed by atoms with Gasteiger partial charge in [0.2, 0.25) is 0 Å². The van der Waals surface area contributed by atoms with Gasteiger partial charge in [0.25, 0.3) is 0 Å². The summed E-state index contributed by atoms with van der Waals surface area (Å²) in [6.45, 7) is 1.00. The summed E-state index contributed by atoms with van der Waals surface area (Å²) in [7, 11) is 2.18. The Kier molecular flexibility index (Phi) is 3.81. The molecule has 104 valence electrons. The fourth-order valence-electron chi connectivity index (χ4n) is 3.06. The molecule has 0 bridgehead atoms. The highest BCUT2D eigenvalue weighted by Crippen LogP contribution is 2.40. The molecule has 3 rings (SSSR count). The third-order valence-electron chi connectivity index (χ3n) is 4.21. The van der Waals surface area contributed by atoms with Crippen LogP contribution in [0.3, 0.4) is 0 Å². The molecule has 1 aliphatic carbocycles. The number of fused-ring (bicyclic) bond motifs is 1. The molecule has 3 heteroatoms. The molecule has 2 aromatic rings. The van der Waals surface area contributed by atoms with E-state index in [0.29, 0.717) is 6.04 Å². The van der Waals surface area contributed by atoms with Crippen LogP contribution >= 0.6 is 0 Å². The van der Waals surface area contributed by atoms with Crippen LogP contribution in [-0.2, 0) is 6.42 Å². The van der Waals surface area contributed by atoms with Crippen molar-refractivity contribution >= 4 is 0 Å². The van der Waals surface area contributed by atoms with Crippen molar-refractivity contribution in [2.45, 2.75) is 24.9 Å². The van der Waals surface area contributed by atoms with Gasteiger partial charge in [-0.25, -0.2) is 0 Å². The lowest BCUT2D eigenvalue weighted by Gasteiger charge is -2.25. The quantitative estimate of drug-likeness (QED) is 0.926. The lowest BCUT2D eigenvalue weighted by atomic mass is 10.1. The Hall–Kier alpha value is -1.71. The molecule has 0 fully saturated rings. The van der Waals surface area contributed by atoms with Crippen molar-refractivity contribution in [3.63, 3.8) is 0 Å². The van der Waals surface area contributed by atoms with Crippen LogP contribution in [0.5, 0.6) is 0 Å². The molecular formula is C17H21N3. The second kappa shape index (κ2) is 5.73. The maximum Gasteiger partial charge on any atom is 0.0416 e. The number of aromatic nitrogens is 1. The first kappa shape index (κ1) is 13.3. The van der Waals surface area contributed by atoms with Gasteiger partial charge in [0.1, 0.15) is 0 Å². The van der Waals surface area contributed by atoms with Crippen LogP contribution < -0.4 is 5.73 Å². The third kappa shape index (κ3) is 2.60. The second-order valence-electron chi connectivity index (χ2n) is 5.54. The van der Waals surface area contributed by atoms with Crippen molar-refractivity contribution in [2.75, 3.05) is 13.6 Å². The Morgan fingerprint density at radius 1 is 1.15 bits per heavy atom. The van der Waals surface area contributed by atoms with Crippen molar-refractivity contribution in [1.29, 1.82) is 0 Å². The molecule has 0 saturated heterocycles. The van der Waals surface area contributed by atoms with Crippen molar-refractivity contribution in [3.05, 3.63) is 65.5 Å². The van der Waals surface area contributed by atoms with Gasteiger partial charge in [-0.1, -0.05) is 30.3 Å². The molecular weight excluding hydrogens is 246 g/mol. The van der Waals surface area contributed by atoms with Crippen LogP contribution in [0.4, 0.5) is 0 Å². The van der Waals surface area contributed by atoms with Gasteiger partial charge in [-0.3, -0.25) is 9.88 Å². The average molecular weight is 267 g/mol. The van der Waals surface area contributed by atoms with Crippen LogP contribution in [0.15, 0.2) is 48.7 Å². The molecule has 3 nitrogen and oxygen atoms in total. The number of likely N-dealkylation sites (N-methyl/N-ethyl adjacent to an activating group) is 1. The minimum atomic E-state index is 0.175. The molecule has 0 spiro atoms. The van der Waals surface area contributed by atoms with E-state index in [0.717, 1.165) is 25.1 Å². The molecule has 0 saturated carbocycles. The average Bonchev–Trinajstić information content (AvgIpc) is 2.84. The molecule has 2 N–H and O–H groups in total. The highest BCUT2D eigenvalue weighted by Gasteiger charge is 2.30. The van der Waals surface area contributed by atoms with E-state index in [4.69, 9.17) is 5.73 Å². The third-order valence-corrected chi connectivity index (χ3v) is 4.21. The lowest BCUT2D eigenvalue weighted by Crippen LogP contribution is -2.26. The fraction of sp³-hybridized carbons (Fsp3) is 0.353. The largest absolute Gasteiger partial charge is 0.324 e. The zero-order chi connectivity index (χ0) is 13.9. The van der Waals surface area contributed by atoms with Gasteiger partial charge in [-0.2, -0.15) is 0 Å². The van der Waals surface area contributed by atoms with E-state index in [1.54, 1.807) is 0 Å². The maximum atomic E-state index is 6.24. The van der Waals surface area contributed by atoms with Crippen LogP contribution in [-0.4, -0.2) is 23.5 Å². The van der Waals surface area contributed by atoms with Gasteiger partial charge in [0.05, 0.1) is 0 Å². The van der Waals surface area contributed by atoms with E-state index in [1.165, 1.54) is 11.1 Å². The van der Waals surface area contributed by atoms with E-state index < -0.39 is 0 Å². The number of hydrogen-bond donors (Lipinski definition) is 1. The Balaban J connectivity index is 1.68. The van der Waals surface area contributed by atoms with E-state index in [-0.39, 0.29) is 6.04 Å². The first-order valence-corrected chi connectivity index (χ1v) is 7.20. The Morgan fingerprint density at radius 3 is 2.65 bits per heavy atom. The highest BCUT2D eigenvalue weighted by molar-refractivity contribution is 5.37. The van der Waals surface area contributed by atoms with Gasteiger partial charge in [-0.15, -0.1) is 0 Å². The van der Waals surface area contributed by atoms with Gasteiger partial charge < -0.3 is 5.73 Å². The molecule has 1 aliphatic rings. The number of hydrogen-bond acceptors (Lipinski definition) is 3. The van der Waals surface area contributed by atoms with Crippen molar-refractivity contribution in [2.24, 2.45) is 5.73 Å². The number of rotatable bonds is 4. The van der Waals surface area contributed by atoms with Crippen molar-refractivity contribution in [3.8, 4) is 0 Å². The SMILES string of the molecule is CN(CCc1ccccn1)C1CC(N)c2ccccc21. The van der Waals surface area contributed by atoms with E-state index in [2.05, 4.69) is 47.3 Å². The Morgan fingerprint density at radius 2 is 1.90 bits per heavy atom. The second-order valence-corrected chi connectivity index (χ2v) is 5.54. The highest BCUT2D eigenvalue weighted by atomic mass is 15.1. The van der Waals surface area contributed by atoms with Gasteiger partial charge in [0.15, 0.2) is 0 Å². The molecule has 0 aliphatic heterocycles. The summed E-state index contributed by atoms with van der Waals surface area (Å²) in [5.41, 5.74) is 10.1. The molecule has 1 aromatic heterocycles. The molecule has 20 heavy (non-hydrogen) atoms. The summed E-state index contributed by atoms with van der Waals surface area (Å²) in [6, 6.07) is 15.3. The fourth-order valence-corrected chi connectivity index (χ4v) is 3.06. The minimum Gasteiger partial charge on any atom is -0.324 e. The van der Waals surface area contributed by atoms with Crippen molar-refractivity contribution in [1.82, 2.24) is 9.88 Å². The first-order valence-electron chi connectivity index (χ1n) is 7.20. The summed E-state index contributed by atoms with van der Waals surface area (Å²) < 4.78 is 0. The monoisotopic (exact) mass is 267 g/mol. The van der Waals surface area contributed by atoms with Crippen LogP contribution in [0.25, 0.3) is 0 Å². The zero-order valence-electron chi connectivity index (χ0n) is 11.9. The number of pyridine rings is 1. The molecule has 1 aromatic carbocycles. The lowest BCUT2D eigenvalue weighted by molar-refractivity contribution is 0.240. The summed E-state index contributed by atoms with van der Waals surface area (Å²) >= 11 is 0. The minimum absolute atomic E-state index is 0.175. The van der Waals surface area contributed by atoms with Crippen LogP contribution in [0.2, 0.25) is 0 Å². The number of benzene rings is 1. The maximum absolute atomic E-state index is 6.24. The first-order chi connectivity index (χ1) is 9.75. The molecule has 1 heterocycles. The topological polar surface area (TPSA) is 42.2 Å². The Labute approximate surface area is 120 Å². The molecule has 2 atom stereocenters. The summed E-state index contributed by atoms with van der Waals surface area (Å²) in [4.78, 5) is 6.79. The molecule has 0 radical (unpaired) electrons. The normalized spacial score (nSPS) is 21.1. The van der Waals surface area contributed by atoms with Crippen LogP contribution in [0.1, 0.15) is 35.3 Å². The van der Waals surface area contributed by atoms with E-state index >= 15 is 0 Å². The predicted molar refractivity (Wildman–Crippen MR) is 81.3 cm³/mol. The van der Waals surface area contributed by atoms with Gasteiger partial charge >= 0.3 is 0 Å². The number of nitrogens with zero attached hydrogens (tertiary/aromatic N) is 2. The smallest absolute Gasteiger partial charge is 0.0416 e. The molecule has 0 amide bonds. The Bertz CT molecular complexity index is 567. The van der Waals surface area contributed by atoms with Crippen LogP contribution in [0, 0.1) is 0 Å². The van der Waals surface area contributed by atoms with Crippen molar-refractivity contribution < 1.29 is 0 Å². The predicted octanol–water partition coefficient (Wildman–Crippen LogP) is 2.70.